The van der Waals surface area contributed by atoms with Gasteiger partial charge < -0.3 is 16.2 Å². The van der Waals surface area contributed by atoms with E-state index >= 15 is 0 Å². The standard InChI is InChI=1S/C11H15N3O5S/c1-7-3-2-4-8(5-7)20(18,19)14-9(10(15)16)6-13-11(12)17/h2-5,9,14H,6H2,1H3,(H,15,16)(H3,12,13,17). The van der Waals surface area contributed by atoms with Crippen molar-refractivity contribution in [3.63, 3.8) is 0 Å². The number of carbonyl (C=O) groups is 2. The van der Waals surface area contributed by atoms with E-state index in [-0.39, 0.29) is 4.90 Å². The van der Waals surface area contributed by atoms with Crippen molar-refractivity contribution in [1.82, 2.24) is 10.0 Å². The highest BCUT2D eigenvalue weighted by molar-refractivity contribution is 7.89. The molecule has 0 spiro atoms. The van der Waals surface area contributed by atoms with Crippen LogP contribution in [-0.2, 0) is 14.8 Å². The van der Waals surface area contributed by atoms with E-state index in [0.29, 0.717) is 0 Å². The molecule has 1 aromatic carbocycles. The SMILES string of the molecule is Cc1cccc(S(=O)(=O)NC(CNC(N)=O)C(=O)O)c1. The van der Waals surface area contributed by atoms with Crippen molar-refractivity contribution in [3.05, 3.63) is 29.8 Å². The number of sulfonamides is 1. The molecule has 20 heavy (non-hydrogen) atoms. The Morgan fingerprint density at radius 1 is 1.40 bits per heavy atom. The van der Waals surface area contributed by atoms with Gasteiger partial charge in [0.15, 0.2) is 0 Å². The van der Waals surface area contributed by atoms with Crippen molar-refractivity contribution in [1.29, 1.82) is 0 Å². The molecule has 5 N–H and O–H groups in total. The van der Waals surface area contributed by atoms with Crippen LogP contribution in [0.1, 0.15) is 5.56 Å². The van der Waals surface area contributed by atoms with Gasteiger partial charge in [0.25, 0.3) is 0 Å². The summed E-state index contributed by atoms with van der Waals surface area (Å²) in [7, 11) is -4.00. The Balaban J connectivity index is 2.91. The average Bonchev–Trinajstić information content (AvgIpc) is 2.34. The van der Waals surface area contributed by atoms with Gasteiger partial charge in [-0.2, -0.15) is 4.72 Å². The molecular weight excluding hydrogens is 286 g/mol. The van der Waals surface area contributed by atoms with Gasteiger partial charge in [-0.05, 0) is 24.6 Å². The molecule has 0 heterocycles. The number of urea groups is 1. The number of amides is 2. The van der Waals surface area contributed by atoms with Crippen molar-refractivity contribution in [2.45, 2.75) is 17.9 Å². The summed E-state index contributed by atoms with van der Waals surface area (Å²) in [4.78, 5) is 21.5. The van der Waals surface area contributed by atoms with Crippen LogP contribution >= 0.6 is 0 Å². The van der Waals surface area contributed by atoms with Gasteiger partial charge in [0.05, 0.1) is 4.90 Å². The van der Waals surface area contributed by atoms with Crippen LogP contribution in [0, 0.1) is 6.92 Å². The molecule has 0 saturated heterocycles. The van der Waals surface area contributed by atoms with Gasteiger partial charge in [0, 0.05) is 6.54 Å². The van der Waals surface area contributed by atoms with E-state index in [2.05, 4.69) is 0 Å². The van der Waals surface area contributed by atoms with Crippen LogP contribution < -0.4 is 15.8 Å². The predicted molar refractivity (Wildman–Crippen MR) is 70.5 cm³/mol. The topological polar surface area (TPSA) is 139 Å². The molecule has 8 nitrogen and oxygen atoms in total. The van der Waals surface area contributed by atoms with Gasteiger partial charge in [0.2, 0.25) is 10.0 Å². The van der Waals surface area contributed by atoms with Crippen molar-refractivity contribution in [2.24, 2.45) is 5.73 Å². The van der Waals surface area contributed by atoms with Crippen molar-refractivity contribution < 1.29 is 23.1 Å². The summed E-state index contributed by atoms with van der Waals surface area (Å²) in [6.07, 6.45) is 0. The lowest BCUT2D eigenvalue weighted by Gasteiger charge is -2.15. The summed E-state index contributed by atoms with van der Waals surface area (Å²) in [5, 5.41) is 11.0. The minimum Gasteiger partial charge on any atom is -0.480 e. The molecule has 0 radical (unpaired) electrons. The van der Waals surface area contributed by atoms with Crippen LogP contribution in [0.4, 0.5) is 4.79 Å². The van der Waals surface area contributed by atoms with Gasteiger partial charge in [-0.15, -0.1) is 0 Å². The molecule has 1 rings (SSSR count). The number of carboxylic acids is 1. The largest absolute Gasteiger partial charge is 0.480 e. The number of primary amides is 1. The number of rotatable bonds is 6. The lowest BCUT2D eigenvalue weighted by atomic mass is 10.2. The Morgan fingerprint density at radius 3 is 2.55 bits per heavy atom. The molecular formula is C11H15N3O5S. The first-order valence-electron chi connectivity index (χ1n) is 5.57. The third kappa shape index (κ3) is 4.52. The fourth-order valence-electron chi connectivity index (χ4n) is 1.42. The zero-order chi connectivity index (χ0) is 15.3. The number of hydrogen-bond donors (Lipinski definition) is 4. The fraction of sp³-hybridized carbons (Fsp3) is 0.273. The minimum atomic E-state index is -4.00. The Morgan fingerprint density at radius 2 is 2.05 bits per heavy atom. The number of hydrogen-bond acceptors (Lipinski definition) is 4. The molecule has 1 atom stereocenters. The van der Waals surface area contributed by atoms with E-state index in [1.807, 2.05) is 10.0 Å². The maximum Gasteiger partial charge on any atom is 0.323 e. The maximum absolute atomic E-state index is 12.0. The van der Waals surface area contributed by atoms with Crippen molar-refractivity contribution >= 4 is 22.0 Å². The Hall–Kier alpha value is -2.13. The molecule has 2 amide bonds. The number of nitrogens with one attached hydrogen (secondary N) is 2. The van der Waals surface area contributed by atoms with Crippen LogP contribution in [0.15, 0.2) is 29.2 Å². The normalized spacial score (nSPS) is 12.7. The minimum absolute atomic E-state index is 0.0529. The molecule has 0 saturated carbocycles. The summed E-state index contributed by atoms with van der Waals surface area (Å²) in [5.41, 5.74) is 5.53. The van der Waals surface area contributed by atoms with Crippen LogP contribution in [-0.4, -0.2) is 38.1 Å². The average molecular weight is 301 g/mol. The second-order valence-corrected chi connectivity index (χ2v) is 5.79. The first-order chi connectivity index (χ1) is 9.22. The first-order valence-corrected chi connectivity index (χ1v) is 7.06. The lowest BCUT2D eigenvalue weighted by Crippen LogP contribution is -2.49. The van der Waals surface area contributed by atoms with Gasteiger partial charge in [-0.1, -0.05) is 12.1 Å². The second-order valence-electron chi connectivity index (χ2n) is 4.07. The van der Waals surface area contributed by atoms with Crippen LogP contribution in [0.5, 0.6) is 0 Å². The Bertz CT molecular complexity index is 614. The number of aliphatic carboxylic acids is 1. The van der Waals surface area contributed by atoms with Crippen molar-refractivity contribution in [2.75, 3.05) is 6.54 Å². The monoisotopic (exact) mass is 301 g/mol. The highest BCUT2D eigenvalue weighted by Crippen LogP contribution is 2.11. The quantitative estimate of drug-likeness (QED) is 0.555. The zero-order valence-electron chi connectivity index (χ0n) is 10.7. The molecule has 1 aromatic rings. The van der Waals surface area contributed by atoms with Crippen LogP contribution in [0.3, 0.4) is 0 Å². The van der Waals surface area contributed by atoms with Crippen LogP contribution in [0.25, 0.3) is 0 Å². The number of aryl methyl sites for hydroxylation is 1. The lowest BCUT2D eigenvalue weighted by molar-refractivity contribution is -0.138. The summed E-state index contributed by atoms with van der Waals surface area (Å²) >= 11 is 0. The Kier molecular flexibility index (Phi) is 5.06. The molecule has 9 heteroatoms. The molecule has 1 unspecified atom stereocenters. The van der Waals surface area contributed by atoms with E-state index in [4.69, 9.17) is 10.8 Å². The molecule has 0 bridgehead atoms. The van der Waals surface area contributed by atoms with E-state index < -0.39 is 34.6 Å². The van der Waals surface area contributed by atoms with E-state index in [1.54, 1.807) is 19.1 Å². The smallest absolute Gasteiger partial charge is 0.323 e. The number of nitrogens with two attached hydrogens (primary N) is 1. The molecule has 0 aliphatic heterocycles. The third-order valence-corrected chi connectivity index (χ3v) is 3.85. The first kappa shape index (κ1) is 15.9. The molecule has 0 aromatic heterocycles. The summed E-state index contributed by atoms with van der Waals surface area (Å²) in [5.74, 6) is -1.42. The number of carbonyl (C=O) groups excluding carboxylic acids is 1. The molecule has 0 aliphatic carbocycles. The van der Waals surface area contributed by atoms with Gasteiger partial charge in [-0.3, -0.25) is 4.79 Å². The fourth-order valence-corrected chi connectivity index (χ4v) is 2.71. The van der Waals surface area contributed by atoms with Gasteiger partial charge in [0.1, 0.15) is 6.04 Å². The number of benzene rings is 1. The maximum atomic E-state index is 12.0. The number of carboxylic acid groups (broad SMARTS) is 1. The molecule has 110 valence electrons. The third-order valence-electron chi connectivity index (χ3n) is 2.38. The predicted octanol–water partition coefficient (Wildman–Crippen LogP) is -0.605. The zero-order valence-corrected chi connectivity index (χ0v) is 11.5. The Labute approximate surface area is 116 Å². The van der Waals surface area contributed by atoms with Gasteiger partial charge in [-0.25, -0.2) is 13.2 Å². The van der Waals surface area contributed by atoms with Crippen molar-refractivity contribution in [3.8, 4) is 0 Å². The van der Waals surface area contributed by atoms with E-state index in [9.17, 15) is 18.0 Å². The van der Waals surface area contributed by atoms with E-state index in [0.717, 1.165) is 5.56 Å². The highest BCUT2D eigenvalue weighted by atomic mass is 32.2. The summed E-state index contributed by atoms with van der Waals surface area (Å²) in [6, 6.07) is 3.56. The molecule has 0 aliphatic rings. The van der Waals surface area contributed by atoms with Crippen LogP contribution in [0.2, 0.25) is 0 Å². The molecule has 0 fully saturated rings. The van der Waals surface area contributed by atoms with E-state index in [1.165, 1.54) is 12.1 Å². The summed E-state index contributed by atoms with van der Waals surface area (Å²) < 4.78 is 26.0. The second kappa shape index (κ2) is 6.35. The van der Waals surface area contributed by atoms with Gasteiger partial charge >= 0.3 is 12.0 Å². The highest BCUT2D eigenvalue weighted by Gasteiger charge is 2.25. The summed E-state index contributed by atoms with van der Waals surface area (Å²) in [6.45, 7) is 1.26.